The molecule has 2 heterocycles. The summed E-state index contributed by atoms with van der Waals surface area (Å²) in [4.78, 5) is 13.9. The number of methoxy groups -OCH3 is 1. The lowest BCUT2D eigenvalue weighted by Crippen LogP contribution is -2.55. The van der Waals surface area contributed by atoms with Crippen LogP contribution in [0.5, 0.6) is 5.75 Å². The molecule has 3 rings (SSSR count). The van der Waals surface area contributed by atoms with Crippen molar-refractivity contribution >= 4 is 5.91 Å². The summed E-state index contributed by atoms with van der Waals surface area (Å²) in [5, 5.41) is 3.32. The van der Waals surface area contributed by atoms with E-state index in [-0.39, 0.29) is 18.1 Å². The number of morpholine rings is 1. The summed E-state index contributed by atoms with van der Waals surface area (Å²) >= 11 is 0. The minimum Gasteiger partial charge on any atom is -0.497 e. The van der Waals surface area contributed by atoms with Crippen molar-refractivity contribution in [1.82, 2.24) is 10.2 Å². The fourth-order valence-corrected chi connectivity index (χ4v) is 2.86. The maximum Gasteiger partial charge on any atom is 0.249 e. The molecule has 5 heteroatoms. The van der Waals surface area contributed by atoms with E-state index in [9.17, 15) is 4.79 Å². The second-order valence-electron chi connectivity index (χ2n) is 5.50. The van der Waals surface area contributed by atoms with Gasteiger partial charge >= 0.3 is 0 Å². The number of nitrogens with zero attached hydrogens (tertiary/aromatic N) is 1. The molecule has 108 valence electrons. The molecule has 0 aliphatic carbocycles. The SMILES string of the molecule is COc1ccc(CN2CC3(CCNC3)OCC2=O)cc1. The normalized spacial score (nSPS) is 26.2. The standard InChI is InChI=1S/C15H20N2O3/c1-19-13-4-2-12(3-5-13)8-17-11-15(6-7-16-10-15)20-9-14(17)18/h2-5,16H,6-11H2,1H3. The number of hydrogen-bond acceptors (Lipinski definition) is 4. The van der Waals surface area contributed by atoms with Crippen LogP contribution < -0.4 is 10.1 Å². The molecular weight excluding hydrogens is 256 g/mol. The van der Waals surface area contributed by atoms with Crippen molar-refractivity contribution in [3.8, 4) is 5.75 Å². The van der Waals surface area contributed by atoms with Gasteiger partial charge in [0.25, 0.3) is 0 Å². The Balaban J connectivity index is 1.69. The summed E-state index contributed by atoms with van der Waals surface area (Å²) in [5.41, 5.74) is 0.933. The second kappa shape index (κ2) is 5.42. The Labute approximate surface area is 118 Å². The Morgan fingerprint density at radius 1 is 1.40 bits per heavy atom. The van der Waals surface area contributed by atoms with Crippen LogP contribution in [0.25, 0.3) is 0 Å². The van der Waals surface area contributed by atoms with E-state index >= 15 is 0 Å². The highest BCUT2D eigenvalue weighted by Gasteiger charge is 2.41. The molecule has 1 atom stereocenters. The van der Waals surface area contributed by atoms with Gasteiger partial charge in [0.2, 0.25) is 5.91 Å². The minimum absolute atomic E-state index is 0.0679. The highest BCUT2D eigenvalue weighted by atomic mass is 16.5. The minimum atomic E-state index is -0.180. The van der Waals surface area contributed by atoms with Crippen LogP contribution in [-0.2, 0) is 16.1 Å². The highest BCUT2D eigenvalue weighted by molar-refractivity contribution is 5.78. The van der Waals surface area contributed by atoms with Gasteiger partial charge in [-0.15, -0.1) is 0 Å². The lowest BCUT2D eigenvalue weighted by molar-refractivity contribution is -0.161. The molecule has 2 aliphatic rings. The van der Waals surface area contributed by atoms with Crippen molar-refractivity contribution in [2.45, 2.75) is 18.6 Å². The van der Waals surface area contributed by atoms with Gasteiger partial charge < -0.3 is 19.7 Å². The Bertz CT molecular complexity index is 480. The summed E-state index contributed by atoms with van der Waals surface area (Å²) in [6, 6.07) is 7.85. The second-order valence-corrected chi connectivity index (χ2v) is 5.50. The van der Waals surface area contributed by atoms with E-state index in [4.69, 9.17) is 9.47 Å². The zero-order valence-electron chi connectivity index (χ0n) is 11.7. The third-order valence-electron chi connectivity index (χ3n) is 4.07. The number of amides is 1. The van der Waals surface area contributed by atoms with Crippen molar-refractivity contribution in [1.29, 1.82) is 0 Å². The average molecular weight is 276 g/mol. The predicted molar refractivity (Wildman–Crippen MR) is 74.6 cm³/mol. The van der Waals surface area contributed by atoms with Crippen LogP contribution in [0.4, 0.5) is 0 Å². The van der Waals surface area contributed by atoms with Crippen molar-refractivity contribution in [3.05, 3.63) is 29.8 Å². The zero-order chi connectivity index (χ0) is 14.0. The van der Waals surface area contributed by atoms with E-state index in [1.54, 1.807) is 7.11 Å². The number of carbonyl (C=O) groups is 1. The van der Waals surface area contributed by atoms with Gasteiger partial charge in [-0.25, -0.2) is 0 Å². The molecule has 0 bridgehead atoms. The van der Waals surface area contributed by atoms with Crippen LogP contribution in [0.3, 0.4) is 0 Å². The molecule has 2 aliphatic heterocycles. The maximum absolute atomic E-state index is 12.0. The largest absolute Gasteiger partial charge is 0.497 e. The number of nitrogens with one attached hydrogen (secondary N) is 1. The van der Waals surface area contributed by atoms with Crippen LogP contribution in [0.2, 0.25) is 0 Å². The molecule has 20 heavy (non-hydrogen) atoms. The molecule has 2 fully saturated rings. The number of ether oxygens (including phenoxy) is 2. The first kappa shape index (κ1) is 13.4. The van der Waals surface area contributed by atoms with Gasteiger partial charge in [-0.2, -0.15) is 0 Å². The summed E-state index contributed by atoms with van der Waals surface area (Å²) in [6.45, 7) is 3.29. The van der Waals surface area contributed by atoms with Gasteiger partial charge in [-0.05, 0) is 30.7 Å². The van der Waals surface area contributed by atoms with Crippen LogP contribution in [-0.4, -0.2) is 49.8 Å². The zero-order valence-corrected chi connectivity index (χ0v) is 11.7. The van der Waals surface area contributed by atoms with Gasteiger partial charge in [0, 0.05) is 13.1 Å². The van der Waals surface area contributed by atoms with Gasteiger partial charge in [0.05, 0.1) is 19.3 Å². The fraction of sp³-hybridized carbons (Fsp3) is 0.533. The van der Waals surface area contributed by atoms with Gasteiger partial charge in [0.15, 0.2) is 0 Å². The monoisotopic (exact) mass is 276 g/mol. The number of rotatable bonds is 3. The van der Waals surface area contributed by atoms with E-state index < -0.39 is 0 Å². The van der Waals surface area contributed by atoms with Crippen molar-refractivity contribution in [2.75, 3.05) is 33.4 Å². The highest BCUT2D eigenvalue weighted by Crippen LogP contribution is 2.26. The molecule has 0 radical (unpaired) electrons. The molecule has 1 N–H and O–H groups in total. The van der Waals surface area contributed by atoms with Crippen molar-refractivity contribution in [3.63, 3.8) is 0 Å². The van der Waals surface area contributed by atoms with Crippen molar-refractivity contribution < 1.29 is 14.3 Å². The summed E-state index contributed by atoms with van der Waals surface area (Å²) < 4.78 is 10.9. The molecule has 1 unspecified atom stereocenters. The molecule has 1 aromatic carbocycles. The Kier molecular flexibility index (Phi) is 3.63. The first-order chi connectivity index (χ1) is 9.71. The smallest absolute Gasteiger partial charge is 0.249 e. The van der Waals surface area contributed by atoms with E-state index in [0.29, 0.717) is 13.1 Å². The lowest BCUT2D eigenvalue weighted by atomic mass is 10.00. The van der Waals surface area contributed by atoms with E-state index in [0.717, 1.165) is 30.8 Å². The molecule has 0 saturated carbocycles. The molecule has 2 saturated heterocycles. The Morgan fingerprint density at radius 2 is 2.20 bits per heavy atom. The topological polar surface area (TPSA) is 50.8 Å². The van der Waals surface area contributed by atoms with Gasteiger partial charge in [-0.3, -0.25) is 4.79 Å². The van der Waals surface area contributed by atoms with E-state index in [2.05, 4.69) is 5.32 Å². The van der Waals surface area contributed by atoms with Crippen LogP contribution in [0.15, 0.2) is 24.3 Å². The maximum atomic E-state index is 12.0. The summed E-state index contributed by atoms with van der Waals surface area (Å²) in [5.74, 6) is 0.900. The number of carbonyl (C=O) groups excluding carboxylic acids is 1. The lowest BCUT2D eigenvalue weighted by Gasteiger charge is -2.39. The third-order valence-corrected chi connectivity index (χ3v) is 4.07. The molecule has 1 spiro atoms. The summed E-state index contributed by atoms with van der Waals surface area (Å²) in [6.07, 6.45) is 0.972. The van der Waals surface area contributed by atoms with Crippen LogP contribution in [0, 0.1) is 0 Å². The van der Waals surface area contributed by atoms with Gasteiger partial charge in [0.1, 0.15) is 12.4 Å². The molecule has 0 aromatic heterocycles. The number of hydrogen-bond donors (Lipinski definition) is 1. The Hall–Kier alpha value is -1.59. The summed E-state index contributed by atoms with van der Waals surface area (Å²) in [7, 11) is 1.65. The van der Waals surface area contributed by atoms with Crippen LogP contribution >= 0.6 is 0 Å². The quantitative estimate of drug-likeness (QED) is 0.886. The molecular formula is C15H20N2O3. The average Bonchev–Trinajstić information content (AvgIpc) is 2.92. The van der Waals surface area contributed by atoms with E-state index in [1.807, 2.05) is 29.2 Å². The molecule has 5 nitrogen and oxygen atoms in total. The first-order valence-corrected chi connectivity index (χ1v) is 6.96. The van der Waals surface area contributed by atoms with E-state index in [1.165, 1.54) is 0 Å². The fourth-order valence-electron chi connectivity index (χ4n) is 2.86. The number of benzene rings is 1. The van der Waals surface area contributed by atoms with Gasteiger partial charge in [-0.1, -0.05) is 12.1 Å². The predicted octanol–water partition coefficient (Wildman–Crippen LogP) is 0.786. The van der Waals surface area contributed by atoms with Crippen LogP contribution in [0.1, 0.15) is 12.0 Å². The molecule has 1 amide bonds. The third kappa shape index (κ3) is 2.64. The molecule has 1 aromatic rings. The Morgan fingerprint density at radius 3 is 2.85 bits per heavy atom. The first-order valence-electron chi connectivity index (χ1n) is 6.96. The van der Waals surface area contributed by atoms with Crippen molar-refractivity contribution in [2.24, 2.45) is 0 Å².